The van der Waals surface area contributed by atoms with Gasteiger partial charge in [-0.25, -0.2) is 4.98 Å². The summed E-state index contributed by atoms with van der Waals surface area (Å²) in [6.45, 7) is 0.916. The highest BCUT2D eigenvalue weighted by atomic mass is 15.2. The molecule has 1 aromatic rings. The molecular weight excluding hydrogens is 212 g/mol. The molecule has 2 rings (SSSR count). The number of nitriles is 1. The maximum atomic E-state index is 8.69. The summed E-state index contributed by atoms with van der Waals surface area (Å²) in [6.07, 6.45) is 5.39. The van der Waals surface area contributed by atoms with Crippen LogP contribution in [0.2, 0.25) is 0 Å². The van der Waals surface area contributed by atoms with E-state index in [1.54, 1.807) is 12.3 Å². The van der Waals surface area contributed by atoms with Crippen LogP contribution in [0.4, 0.5) is 5.82 Å². The topological polar surface area (TPSA) is 52.0 Å². The molecule has 0 amide bonds. The summed E-state index contributed by atoms with van der Waals surface area (Å²) in [7, 11) is 4.26. The van der Waals surface area contributed by atoms with E-state index in [-0.39, 0.29) is 5.54 Å². The van der Waals surface area contributed by atoms with E-state index in [1.165, 1.54) is 19.3 Å². The normalized spacial score (nSPS) is 17.3. The monoisotopic (exact) mass is 230 g/mol. The minimum atomic E-state index is 0.287. The Kier molecular flexibility index (Phi) is 3.30. The highest BCUT2D eigenvalue weighted by molar-refractivity contribution is 5.39. The van der Waals surface area contributed by atoms with E-state index in [4.69, 9.17) is 5.26 Å². The Balaban J connectivity index is 1.95. The molecule has 1 aliphatic carbocycles. The van der Waals surface area contributed by atoms with Crippen molar-refractivity contribution in [3.05, 3.63) is 23.9 Å². The Bertz CT molecular complexity index is 412. The van der Waals surface area contributed by atoms with Gasteiger partial charge in [-0.1, -0.05) is 0 Å². The van der Waals surface area contributed by atoms with Gasteiger partial charge in [-0.3, -0.25) is 0 Å². The molecule has 0 atom stereocenters. The van der Waals surface area contributed by atoms with Crippen molar-refractivity contribution in [2.45, 2.75) is 24.8 Å². The van der Waals surface area contributed by atoms with E-state index in [0.717, 1.165) is 12.4 Å². The molecule has 1 fully saturated rings. The fraction of sp³-hybridized carbons (Fsp3) is 0.538. The lowest BCUT2D eigenvalue weighted by molar-refractivity contribution is 0.0738. The largest absolute Gasteiger partial charge is 0.368 e. The molecule has 1 aromatic heterocycles. The summed E-state index contributed by atoms with van der Waals surface area (Å²) < 4.78 is 0. The van der Waals surface area contributed by atoms with E-state index < -0.39 is 0 Å². The van der Waals surface area contributed by atoms with Gasteiger partial charge >= 0.3 is 0 Å². The quantitative estimate of drug-likeness (QED) is 0.857. The van der Waals surface area contributed by atoms with Crippen molar-refractivity contribution in [2.24, 2.45) is 0 Å². The number of aromatic nitrogens is 1. The zero-order valence-corrected chi connectivity index (χ0v) is 10.4. The van der Waals surface area contributed by atoms with Crippen molar-refractivity contribution in [1.29, 1.82) is 5.26 Å². The predicted octanol–water partition coefficient (Wildman–Crippen LogP) is 1.85. The van der Waals surface area contributed by atoms with Crippen LogP contribution < -0.4 is 5.32 Å². The zero-order chi connectivity index (χ0) is 12.3. The van der Waals surface area contributed by atoms with Crippen molar-refractivity contribution in [3.63, 3.8) is 0 Å². The second-order valence-corrected chi connectivity index (χ2v) is 4.87. The Labute approximate surface area is 102 Å². The van der Waals surface area contributed by atoms with E-state index in [2.05, 4.69) is 35.4 Å². The van der Waals surface area contributed by atoms with Crippen LogP contribution in [-0.4, -0.2) is 36.1 Å². The first-order valence-corrected chi connectivity index (χ1v) is 5.94. The number of nitrogens with zero attached hydrogens (tertiary/aromatic N) is 3. The van der Waals surface area contributed by atoms with Gasteiger partial charge in [0.05, 0.1) is 5.56 Å². The molecule has 0 aromatic carbocycles. The molecule has 0 unspecified atom stereocenters. The van der Waals surface area contributed by atoms with Gasteiger partial charge in [0.1, 0.15) is 11.9 Å². The Morgan fingerprint density at radius 1 is 1.47 bits per heavy atom. The van der Waals surface area contributed by atoms with Gasteiger partial charge in [-0.2, -0.15) is 5.26 Å². The average molecular weight is 230 g/mol. The lowest BCUT2D eigenvalue weighted by atomic mass is 9.75. The molecule has 0 bridgehead atoms. The van der Waals surface area contributed by atoms with E-state index in [1.807, 2.05) is 6.07 Å². The third-order valence-electron chi connectivity index (χ3n) is 3.72. The molecule has 1 saturated carbocycles. The van der Waals surface area contributed by atoms with Crippen molar-refractivity contribution in [3.8, 4) is 6.07 Å². The lowest BCUT2D eigenvalue weighted by Gasteiger charge is -2.47. The molecule has 0 aliphatic heterocycles. The van der Waals surface area contributed by atoms with Crippen LogP contribution >= 0.6 is 0 Å². The molecule has 90 valence electrons. The average Bonchev–Trinajstić information content (AvgIpc) is 2.28. The van der Waals surface area contributed by atoms with Gasteiger partial charge in [0, 0.05) is 18.3 Å². The van der Waals surface area contributed by atoms with Gasteiger partial charge < -0.3 is 10.2 Å². The number of rotatable bonds is 4. The second kappa shape index (κ2) is 4.72. The summed E-state index contributed by atoms with van der Waals surface area (Å²) >= 11 is 0. The molecule has 17 heavy (non-hydrogen) atoms. The number of likely N-dealkylation sites (N-methyl/N-ethyl adjacent to an activating group) is 1. The molecule has 4 nitrogen and oxygen atoms in total. The van der Waals surface area contributed by atoms with E-state index >= 15 is 0 Å². The van der Waals surface area contributed by atoms with Crippen LogP contribution in [0.15, 0.2) is 18.3 Å². The Morgan fingerprint density at radius 3 is 2.65 bits per heavy atom. The van der Waals surface area contributed by atoms with Gasteiger partial charge in [0.2, 0.25) is 0 Å². The SMILES string of the molecule is CN(C)C1(CNc2ccc(C#N)cn2)CCC1. The number of hydrogen-bond acceptors (Lipinski definition) is 4. The predicted molar refractivity (Wildman–Crippen MR) is 67.7 cm³/mol. The van der Waals surface area contributed by atoms with Crippen molar-refractivity contribution in [1.82, 2.24) is 9.88 Å². The van der Waals surface area contributed by atoms with Crippen molar-refractivity contribution < 1.29 is 0 Å². The van der Waals surface area contributed by atoms with Gasteiger partial charge in [0.15, 0.2) is 0 Å². The number of hydrogen-bond donors (Lipinski definition) is 1. The van der Waals surface area contributed by atoms with Gasteiger partial charge in [-0.15, -0.1) is 0 Å². The summed E-state index contributed by atoms with van der Waals surface area (Å²) in [5, 5.41) is 12.0. The smallest absolute Gasteiger partial charge is 0.126 e. The van der Waals surface area contributed by atoms with E-state index in [0.29, 0.717) is 5.56 Å². The fourth-order valence-electron chi connectivity index (χ4n) is 2.19. The standard InChI is InChI=1S/C13H18N4/c1-17(2)13(6-3-7-13)10-16-12-5-4-11(8-14)9-15-12/h4-5,9H,3,6-7,10H2,1-2H3,(H,15,16). The summed E-state index contributed by atoms with van der Waals surface area (Å²) in [5.41, 5.74) is 0.886. The lowest BCUT2D eigenvalue weighted by Crippen LogP contribution is -2.54. The van der Waals surface area contributed by atoms with Crippen LogP contribution in [0.1, 0.15) is 24.8 Å². The van der Waals surface area contributed by atoms with Crippen LogP contribution in [0, 0.1) is 11.3 Å². The van der Waals surface area contributed by atoms with Crippen molar-refractivity contribution in [2.75, 3.05) is 26.0 Å². The molecule has 0 spiro atoms. The van der Waals surface area contributed by atoms with Crippen LogP contribution in [0.25, 0.3) is 0 Å². The van der Waals surface area contributed by atoms with Gasteiger partial charge in [-0.05, 0) is 45.5 Å². The first-order valence-electron chi connectivity index (χ1n) is 5.94. The number of anilines is 1. The van der Waals surface area contributed by atoms with Crippen LogP contribution in [-0.2, 0) is 0 Å². The molecule has 1 N–H and O–H groups in total. The highest BCUT2D eigenvalue weighted by Crippen LogP contribution is 2.36. The number of pyridine rings is 1. The molecule has 0 radical (unpaired) electrons. The molecule has 0 saturated heterocycles. The highest BCUT2D eigenvalue weighted by Gasteiger charge is 2.38. The zero-order valence-electron chi connectivity index (χ0n) is 10.4. The Hall–Kier alpha value is -1.60. The molecule has 1 aliphatic rings. The second-order valence-electron chi connectivity index (χ2n) is 4.87. The minimum absolute atomic E-state index is 0.287. The first-order chi connectivity index (χ1) is 8.16. The molecule has 4 heteroatoms. The number of nitrogens with one attached hydrogen (secondary N) is 1. The minimum Gasteiger partial charge on any atom is -0.368 e. The summed E-state index contributed by atoms with van der Waals surface area (Å²) in [5.74, 6) is 0.845. The van der Waals surface area contributed by atoms with Crippen LogP contribution in [0.3, 0.4) is 0 Å². The summed E-state index contributed by atoms with van der Waals surface area (Å²) in [6, 6.07) is 5.72. The van der Waals surface area contributed by atoms with Gasteiger partial charge in [0.25, 0.3) is 0 Å². The third kappa shape index (κ3) is 2.40. The Morgan fingerprint density at radius 2 is 2.24 bits per heavy atom. The van der Waals surface area contributed by atoms with Crippen LogP contribution in [0.5, 0.6) is 0 Å². The maximum absolute atomic E-state index is 8.69. The fourth-order valence-corrected chi connectivity index (χ4v) is 2.19. The first kappa shape index (κ1) is 11.9. The summed E-state index contributed by atoms with van der Waals surface area (Å²) in [4.78, 5) is 6.52. The third-order valence-corrected chi connectivity index (χ3v) is 3.72. The molecule has 1 heterocycles. The van der Waals surface area contributed by atoms with E-state index in [9.17, 15) is 0 Å². The molecular formula is C13H18N4. The maximum Gasteiger partial charge on any atom is 0.126 e. The van der Waals surface area contributed by atoms with Crippen molar-refractivity contribution >= 4 is 5.82 Å².